The summed E-state index contributed by atoms with van der Waals surface area (Å²) in [4.78, 5) is 9.91. The molecule has 1 rings (SSSR count). The van der Waals surface area contributed by atoms with Crippen LogP contribution in [0.2, 0.25) is 0 Å². The highest BCUT2D eigenvalue weighted by Gasteiger charge is 2.35. The highest BCUT2D eigenvalue weighted by Crippen LogP contribution is 2.48. The second kappa shape index (κ2) is 2.51. The van der Waals surface area contributed by atoms with Gasteiger partial charge in [-0.2, -0.15) is 0 Å². The van der Waals surface area contributed by atoms with Crippen LogP contribution in [0.15, 0.2) is 0 Å². The van der Waals surface area contributed by atoms with Gasteiger partial charge in [0.15, 0.2) is 0 Å². The number of unbranched alkanes of at least 4 members (excludes halogenated alkanes) is 1. The van der Waals surface area contributed by atoms with E-state index in [1.165, 1.54) is 19.3 Å². The summed E-state index contributed by atoms with van der Waals surface area (Å²) >= 11 is 0. The van der Waals surface area contributed by atoms with E-state index in [9.17, 15) is 4.79 Å². The number of hydrogen-bond acceptors (Lipinski definition) is 1. The number of carbonyl (C=O) groups is 1. The summed E-state index contributed by atoms with van der Waals surface area (Å²) in [5, 5.41) is 0. The van der Waals surface area contributed by atoms with Crippen LogP contribution in [-0.2, 0) is 4.79 Å². The molecule has 9 heavy (non-hydrogen) atoms. The molecule has 1 fully saturated rings. The average molecular weight is 126 g/mol. The second-order valence-corrected chi connectivity index (χ2v) is 3.37. The third-order valence-corrected chi connectivity index (χ3v) is 2.21. The van der Waals surface area contributed by atoms with E-state index in [0.29, 0.717) is 5.41 Å². The monoisotopic (exact) mass is 126 g/mol. The predicted octanol–water partition coefficient (Wildman–Crippen LogP) is 2.16. The number of hydrogen-bond donors (Lipinski definition) is 0. The van der Waals surface area contributed by atoms with Gasteiger partial charge in [-0.15, -0.1) is 0 Å². The molecule has 1 saturated carbocycles. The zero-order valence-corrected chi connectivity index (χ0v) is 6.02. The van der Waals surface area contributed by atoms with E-state index < -0.39 is 0 Å². The van der Waals surface area contributed by atoms with Crippen LogP contribution in [0.1, 0.15) is 39.0 Å². The number of rotatable bonds is 4. The molecule has 1 aliphatic rings. The maximum absolute atomic E-state index is 9.91. The first-order chi connectivity index (χ1) is 4.27. The molecule has 1 aliphatic carbocycles. The molecule has 0 aromatic carbocycles. The van der Waals surface area contributed by atoms with E-state index in [-0.39, 0.29) is 0 Å². The predicted molar refractivity (Wildman–Crippen MR) is 37.3 cm³/mol. The lowest BCUT2D eigenvalue weighted by Gasteiger charge is -2.03. The first-order valence-electron chi connectivity index (χ1n) is 3.70. The molecule has 0 aliphatic heterocycles. The van der Waals surface area contributed by atoms with Gasteiger partial charge in [0.25, 0.3) is 0 Å². The first-order valence-corrected chi connectivity index (χ1v) is 3.70. The van der Waals surface area contributed by atoms with Crippen LogP contribution in [-0.4, -0.2) is 6.29 Å². The molecule has 0 atom stereocenters. The lowest BCUT2D eigenvalue weighted by atomic mass is 10.0. The zero-order chi connectivity index (χ0) is 6.74. The molecule has 1 heteroatoms. The lowest BCUT2D eigenvalue weighted by Crippen LogP contribution is -1.91. The van der Waals surface area contributed by atoms with Crippen LogP contribution in [0.25, 0.3) is 0 Å². The molecule has 0 N–H and O–H groups in total. The quantitative estimate of drug-likeness (QED) is 0.416. The van der Waals surface area contributed by atoms with Crippen molar-refractivity contribution >= 4 is 6.29 Å². The summed E-state index contributed by atoms with van der Waals surface area (Å²) in [6, 6.07) is 0. The van der Waals surface area contributed by atoms with Gasteiger partial charge in [-0.25, -0.2) is 0 Å². The standard InChI is InChI=1S/C8H14O/c1-8(5-6-8)4-2-3-7-9/h7H,2-6H2,1H3. The smallest absolute Gasteiger partial charge is 0.119 e. The fourth-order valence-electron chi connectivity index (χ4n) is 1.08. The molecule has 52 valence electrons. The number of carbonyl (C=O) groups excluding carboxylic acids is 1. The minimum atomic E-state index is 0.642. The van der Waals surface area contributed by atoms with E-state index in [0.717, 1.165) is 19.1 Å². The van der Waals surface area contributed by atoms with Crippen molar-refractivity contribution in [1.82, 2.24) is 0 Å². The van der Waals surface area contributed by atoms with Crippen molar-refractivity contribution in [2.45, 2.75) is 39.0 Å². The Kier molecular flexibility index (Phi) is 1.89. The Bertz CT molecular complexity index is 103. The van der Waals surface area contributed by atoms with Crippen LogP contribution in [0.4, 0.5) is 0 Å². The van der Waals surface area contributed by atoms with Crippen LogP contribution < -0.4 is 0 Å². The molecule has 0 bridgehead atoms. The van der Waals surface area contributed by atoms with Gasteiger partial charge in [0.1, 0.15) is 6.29 Å². The fourth-order valence-corrected chi connectivity index (χ4v) is 1.08. The molecule has 0 amide bonds. The Morgan fingerprint density at radius 3 is 2.67 bits per heavy atom. The second-order valence-electron chi connectivity index (χ2n) is 3.37. The van der Waals surface area contributed by atoms with Crippen LogP contribution in [0.3, 0.4) is 0 Å². The van der Waals surface area contributed by atoms with E-state index in [1.807, 2.05) is 0 Å². The van der Waals surface area contributed by atoms with Crippen molar-refractivity contribution in [1.29, 1.82) is 0 Å². The highest BCUT2D eigenvalue weighted by molar-refractivity contribution is 5.48. The topological polar surface area (TPSA) is 17.1 Å². The van der Waals surface area contributed by atoms with Gasteiger partial charge < -0.3 is 4.79 Å². The Labute approximate surface area is 56.4 Å². The summed E-state index contributed by atoms with van der Waals surface area (Å²) < 4.78 is 0. The minimum absolute atomic E-state index is 0.642. The third-order valence-electron chi connectivity index (χ3n) is 2.21. The van der Waals surface area contributed by atoms with Gasteiger partial charge in [0.2, 0.25) is 0 Å². The van der Waals surface area contributed by atoms with Crippen molar-refractivity contribution in [3.05, 3.63) is 0 Å². The van der Waals surface area contributed by atoms with Gasteiger partial charge in [0, 0.05) is 6.42 Å². The van der Waals surface area contributed by atoms with Crippen LogP contribution in [0, 0.1) is 5.41 Å². The van der Waals surface area contributed by atoms with Gasteiger partial charge in [-0.05, 0) is 31.1 Å². The van der Waals surface area contributed by atoms with E-state index in [4.69, 9.17) is 0 Å². The molecule has 0 aromatic rings. The first kappa shape index (κ1) is 6.79. The van der Waals surface area contributed by atoms with Gasteiger partial charge >= 0.3 is 0 Å². The molecule has 0 unspecified atom stereocenters. The Morgan fingerprint density at radius 2 is 2.22 bits per heavy atom. The minimum Gasteiger partial charge on any atom is -0.303 e. The molecule has 0 spiro atoms. The maximum Gasteiger partial charge on any atom is 0.119 e. The van der Waals surface area contributed by atoms with Gasteiger partial charge in [-0.3, -0.25) is 0 Å². The van der Waals surface area contributed by atoms with Gasteiger partial charge in [0.05, 0.1) is 0 Å². The Balaban J connectivity index is 1.98. The fraction of sp³-hybridized carbons (Fsp3) is 0.875. The average Bonchev–Trinajstić information content (AvgIpc) is 2.50. The summed E-state index contributed by atoms with van der Waals surface area (Å²) in [7, 11) is 0. The molecule has 0 radical (unpaired) electrons. The zero-order valence-electron chi connectivity index (χ0n) is 6.02. The summed E-state index contributed by atoms with van der Waals surface area (Å²) in [5.41, 5.74) is 0.642. The van der Waals surface area contributed by atoms with Crippen LogP contribution >= 0.6 is 0 Å². The van der Waals surface area contributed by atoms with E-state index in [1.54, 1.807) is 0 Å². The van der Waals surface area contributed by atoms with E-state index in [2.05, 4.69) is 6.92 Å². The van der Waals surface area contributed by atoms with Crippen molar-refractivity contribution in [2.24, 2.45) is 5.41 Å². The molecular weight excluding hydrogens is 112 g/mol. The lowest BCUT2D eigenvalue weighted by molar-refractivity contribution is -0.107. The van der Waals surface area contributed by atoms with E-state index >= 15 is 0 Å². The molecule has 1 nitrogen and oxygen atoms in total. The molecular formula is C8H14O. The summed E-state index contributed by atoms with van der Waals surface area (Å²) in [6.45, 7) is 2.30. The highest BCUT2D eigenvalue weighted by atomic mass is 16.1. The normalized spacial score (nSPS) is 21.4. The van der Waals surface area contributed by atoms with Crippen LogP contribution in [0.5, 0.6) is 0 Å². The van der Waals surface area contributed by atoms with Crippen molar-refractivity contribution < 1.29 is 4.79 Å². The molecule has 0 heterocycles. The molecule has 0 aromatic heterocycles. The van der Waals surface area contributed by atoms with Crippen molar-refractivity contribution in [3.63, 3.8) is 0 Å². The SMILES string of the molecule is CC1(CCCC=O)CC1. The Hall–Kier alpha value is -0.330. The summed E-state index contributed by atoms with van der Waals surface area (Å²) in [5.74, 6) is 0. The summed E-state index contributed by atoms with van der Waals surface area (Å²) in [6.07, 6.45) is 6.89. The Morgan fingerprint density at radius 1 is 1.56 bits per heavy atom. The molecule has 0 saturated heterocycles. The maximum atomic E-state index is 9.91. The third kappa shape index (κ3) is 2.17. The van der Waals surface area contributed by atoms with Gasteiger partial charge in [-0.1, -0.05) is 6.92 Å². The largest absolute Gasteiger partial charge is 0.303 e. The number of aldehydes is 1. The van der Waals surface area contributed by atoms with Crippen molar-refractivity contribution in [3.8, 4) is 0 Å². The van der Waals surface area contributed by atoms with Crippen molar-refractivity contribution in [2.75, 3.05) is 0 Å².